The Bertz CT molecular complexity index is 993. The number of nitrogens with one attached hydrogen (secondary N) is 1. The van der Waals surface area contributed by atoms with E-state index in [0.717, 1.165) is 11.1 Å². The van der Waals surface area contributed by atoms with Gasteiger partial charge < -0.3 is 14.5 Å². The first-order valence-electron chi connectivity index (χ1n) is 8.62. The van der Waals surface area contributed by atoms with E-state index in [1.807, 2.05) is 31.2 Å². The molecule has 6 heteroatoms. The number of furan rings is 1. The molecule has 0 aliphatic heterocycles. The predicted molar refractivity (Wildman–Crippen MR) is 99.1 cm³/mol. The summed E-state index contributed by atoms with van der Waals surface area (Å²) in [5.74, 6) is -1.59. The molecule has 2 aromatic carbocycles. The van der Waals surface area contributed by atoms with Crippen LogP contribution in [-0.2, 0) is 16.0 Å². The number of fused-ring (bicyclic) bond motifs is 1. The number of hydrogen-bond donors (Lipinski definition) is 1. The number of carbonyl (C=O) groups is 2. The first-order valence-corrected chi connectivity index (χ1v) is 8.62. The summed E-state index contributed by atoms with van der Waals surface area (Å²) in [7, 11) is 0. The third kappa shape index (κ3) is 4.34. The van der Waals surface area contributed by atoms with E-state index in [-0.39, 0.29) is 5.76 Å². The summed E-state index contributed by atoms with van der Waals surface area (Å²) >= 11 is 0. The second-order valence-electron chi connectivity index (χ2n) is 6.30. The lowest BCUT2D eigenvalue weighted by atomic mass is 10.1. The molecule has 27 heavy (non-hydrogen) atoms. The van der Waals surface area contributed by atoms with Gasteiger partial charge in [0.1, 0.15) is 11.4 Å². The molecule has 0 atom stereocenters. The summed E-state index contributed by atoms with van der Waals surface area (Å²) in [5.41, 5.74) is 3.19. The topological polar surface area (TPSA) is 68.5 Å². The highest BCUT2D eigenvalue weighted by Gasteiger charge is 2.20. The monoisotopic (exact) mass is 369 g/mol. The van der Waals surface area contributed by atoms with Gasteiger partial charge in [0.2, 0.25) is 5.76 Å². The normalized spacial score (nSPS) is 10.8. The van der Waals surface area contributed by atoms with Crippen LogP contribution in [-0.4, -0.2) is 25.0 Å². The Kier molecular flexibility index (Phi) is 5.54. The van der Waals surface area contributed by atoms with Crippen molar-refractivity contribution in [2.45, 2.75) is 20.3 Å². The summed E-state index contributed by atoms with van der Waals surface area (Å²) in [5, 5.41) is 3.22. The first kappa shape index (κ1) is 18.6. The molecule has 0 saturated carbocycles. The van der Waals surface area contributed by atoms with E-state index in [1.54, 1.807) is 6.92 Å². The Labute approximate surface area is 156 Å². The Hall–Kier alpha value is -3.15. The van der Waals surface area contributed by atoms with Crippen LogP contribution in [0.1, 0.15) is 27.2 Å². The van der Waals surface area contributed by atoms with Crippen molar-refractivity contribution in [3.05, 3.63) is 70.7 Å². The molecule has 5 nitrogen and oxygen atoms in total. The minimum absolute atomic E-state index is 0.0247. The van der Waals surface area contributed by atoms with Crippen LogP contribution in [0.2, 0.25) is 0 Å². The highest BCUT2D eigenvalue weighted by atomic mass is 19.1. The van der Waals surface area contributed by atoms with Crippen molar-refractivity contribution in [3.63, 3.8) is 0 Å². The number of hydrogen-bond acceptors (Lipinski definition) is 4. The van der Waals surface area contributed by atoms with Gasteiger partial charge in [0.05, 0.1) is 0 Å². The summed E-state index contributed by atoms with van der Waals surface area (Å²) in [6.45, 7) is 3.70. The van der Waals surface area contributed by atoms with Crippen molar-refractivity contribution in [1.29, 1.82) is 0 Å². The van der Waals surface area contributed by atoms with Crippen LogP contribution in [0.15, 0.2) is 46.9 Å². The SMILES string of the molecule is Cc1ccccc1CCNC(=O)COC(=O)c1oc2ccc(F)cc2c1C. The molecule has 0 aliphatic carbocycles. The molecule has 0 bridgehead atoms. The predicted octanol–water partition coefficient (Wildman–Crippen LogP) is 3.70. The van der Waals surface area contributed by atoms with Crippen LogP contribution >= 0.6 is 0 Å². The van der Waals surface area contributed by atoms with E-state index in [2.05, 4.69) is 5.32 Å². The number of esters is 1. The molecule has 0 aliphatic rings. The van der Waals surface area contributed by atoms with Gasteiger partial charge >= 0.3 is 5.97 Å². The molecule has 0 fully saturated rings. The van der Waals surface area contributed by atoms with E-state index in [9.17, 15) is 14.0 Å². The van der Waals surface area contributed by atoms with Crippen LogP contribution in [0.4, 0.5) is 4.39 Å². The van der Waals surface area contributed by atoms with E-state index >= 15 is 0 Å². The Balaban J connectivity index is 1.52. The molecule has 1 N–H and O–H groups in total. The lowest BCUT2D eigenvalue weighted by Crippen LogP contribution is -2.30. The summed E-state index contributed by atoms with van der Waals surface area (Å²) in [4.78, 5) is 24.1. The zero-order valence-corrected chi connectivity index (χ0v) is 15.2. The Morgan fingerprint density at radius 2 is 1.93 bits per heavy atom. The molecule has 1 heterocycles. The average Bonchev–Trinajstić information content (AvgIpc) is 2.98. The fourth-order valence-corrected chi connectivity index (χ4v) is 2.86. The highest BCUT2D eigenvalue weighted by Crippen LogP contribution is 2.26. The van der Waals surface area contributed by atoms with Crippen LogP contribution in [0.5, 0.6) is 0 Å². The molecule has 3 rings (SSSR count). The molecule has 140 valence electrons. The van der Waals surface area contributed by atoms with Crippen LogP contribution in [0, 0.1) is 19.7 Å². The van der Waals surface area contributed by atoms with Crippen molar-refractivity contribution >= 4 is 22.8 Å². The van der Waals surface area contributed by atoms with Crippen LogP contribution in [0.25, 0.3) is 11.0 Å². The van der Waals surface area contributed by atoms with E-state index in [4.69, 9.17) is 9.15 Å². The van der Waals surface area contributed by atoms with Gasteiger partial charge in [-0.2, -0.15) is 0 Å². The van der Waals surface area contributed by atoms with E-state index in [0.29, 0.717) is 29.5 Å². The van der Waals surface area contributed by atoms with Gasteiger partial charge in [-0.3, -0.25) is 4.79 Å². The third-order valence-electron chi connectivity index (χ3n) is 4.40. The van der Waals surface area contributed by atoms with Gasteiger partial charge in [0.25, 0.3) is 5.91 Å². The number of benzene rings is 2. The number of amides is 1. The van der Waals surface area contributed by atoms with Gasteiger partial charge in [-0.1, -0.05) is 24.3 Å². The summed E-state index contributed by atoms with van der Waals surface area (Å²) in [6, 6.07) is 11.9. The maximum atomic E-state index is 13.3. The second-order valence-corrected chi connectivity index (χ2v) is 6.30. The number of aryl methyl sites for hydroxylation is 2. The fourth-order valence-electron chi connectivity index (χ4n) is 2.86. The van der Waals surface area contributed by atoms with Crippen LogP contribution in [0.3, 0.4) is 0 Å². The van der Waals surface area contributed by atoms with Crippen molar-refractivity contribution in [2.24, 2.45) is 0 Å². The maximum absolute atomic E-state index is 13.3. The Morgan fingerprint density at radius 3 is 2.70 bits per heavy atom. The number of ether oxygens (including phenoxy) is 1. The first-order chi connectivity index (χ1) is 13.0. The average molecular weight is 369 g/mol. The lowest BCUT2D eigenvalue weighted by molar-refractivity contribution is -0.124. The van der Waals surface area contributed by atoms with Gasteiger partial charge in [-0.05, 0) is 49.6 Å². The molecular formula is C21H20FNO4. The molecule has 0 unspecified atom stereocenters. The molecule has 3 aromatic rings. The molecule has 1 amide bonds. The second kappa shape index (κ2) is 8.03. The van der Waals surface area contributed by atoms with Gasteiger partial charge in [0.15, 0.2) is 6.61 Å². The van der Waals surface area contributed by atoms with E-state index in [1.165, 1.54) is 18.2 Å². The maximum Gasteiger partial charge on any atom is 0.375 e. The van der Waals surface area contributed by atoms with Crippen molar-refractivity contribution < 1.29 is 23.1 Å². The van der Waals surface area contributed by atoms with Crippen molar-refractivity contribution in [2.75, 3.05) is 13.2 Å². The van der Waals surface area contributed by atoms with E-state index < -0.39 is 24.3 Å². The third-order valence-corrected chi connectivity index (χ3v) is 4.40. The zero-order valence-electron chi connectivity index (χ0n) is 15.2. The van der Waals surface area contributed by atoms with Gasteiger partial charge in [-0.25, -0.2) is 9.18 Å². The summed E-state index contributed by atoms with van der Waals surface area (Å²) in [6.07, 6.45) is 0.695. The molecular weight excluding hydrogens is 349 g/mol. The molecule has 1 aromatic heterocycles. The van der Waals surface area contributed by atoms with Crippen molar-refractivity contribution in [1.82, 2.24) is 5.32 Å². The largest absolute Gasteiger partial charge is 0.450 e. The number of rotatable bonds is 6. The number of halogens is 1. The van der Waals surface area contributed by atoms with Gasteiger partial charge in [0, 0.05) is 17.5 Å². The molecule has 0 saturated heterocycles. The minimum atomic E-state index is -0.752. The van der Waals surface area contributed by atoms with Crippen LogP contribution < -0.4 is 5.32 Å². The summed E-state index contributed by atoms with van der Waals surface area (Å²) < 4.78 is 23.8. The standard InChI is InChI=1S/C21H20FNO4/c1-13-5-3-4-6-15(13)9-10-23-19(24)12-26-21(25)20-14(2)17-11-16(22)7-8-18(17)27-20/h3-8,11H,9-10,12H2,1-2H3,(H,23,24). The highest BCUT2D eigenvalue weighted by molar-refractivity contribution is 5.96. The minimum Gasteiger partial charge on any atom is -0.450 e. The smallest absolute Gasteiger partial charge is 0.375 e. The zero-order chi connectivity index (χ0) is 19.4. The number of carbonyl (C=O) groups excluding carboxylic acids is 2. The van der Waals surface area contributed by atoms with Gasteiger partial charge in [-0.15, -0.1) is 0 Å². The lowest BCUT2D eigenvalue weighted by Gasteiger charge is -2.08. The van der Waals surface area contributed by atoms with Crippen molar-refractivity contribution in [3.8, 4) is 0 Å². The Morgan fingerprint density at radius 1 is 1.15 bits per heavy atom. The quantitative estimate of drug-likeness (QED) is 0.673. The molecule has 0 radical (unpaired) electrons. The fraction of sp³-hybridized carbons (Fsp3) is 0.238. The molecule has 0 spiro atoms.